The molecule has 1 atom stereocenters. The van der Waals surface area contributed by atoms with Crippen LogP contribution in [0.4, 0.5) is 4.79 Å². The van der Waals surface area contributed by atoms with E-state index in [0.29, 0.717) is 0 Å². The number of alkyl carbamates (subject to hydrolysis) is 1. The maximum atomic E-state index is 11.6. The number of allylic oxidation sites excluding steroid dienone is 1. The molecule has 0 fully saturated rings. The van der Waals surface area contributed by atoms with E-state index in [1.807, 2.05) is 24.3 Å². The molecule has 0 heterocycles. The fourth-order valence-corrected chi connectivity index (χ4v) is 1.92. The van der Waals surface area contributed by atoms with Crippen molar-refractivity contribution in [3.8, 4) is 0 Å². The molecule has 1 amide bonds. The highest BCUT2D eigenvalue weighted by Crippen LogP contribution is 2.08. The average Bonchev–Trinajstić information content (AvgIpc) is 2.44. The van der Waals surface area contributed by atoms with Crippen LogP contribution in [0.15, 0.2) is 42.5 Å². The Balaban J connectivity index is 2.39. The minimum Gasteiger partial charge on any atom is -0.480 e. The maximum Gasteiger partial charge on any atom is 0.408 e. The van der Waals surface area contributed by atoms with Gasteiger partial charge in [-0.25, -0.2) is 9.59 Å². The van der Waals surface area contributed by atoms with Gasteiger partial charge in [0, 0.05) is 0 Å². The molecule has 1 rings (SSSR count). The third-order valence-corrected chi connectivity index (χ3v) is 2.97. The number of carboxylic acid groups (broad SMARTS) is 1. The number of carbonyl (C=O) groups excluding carboxylic acids is 1. The Morgan fingerprint density at radius 2 is 1.87 bits per heavy atom. The van der Waals surface area contributed by atoms with E-state index in [1.165, 1.54) is 5.56 Å². The van der Waals surface area contributed by atoms with Gasteiger partial charge in [0.15, 0.2) is 0 Å². The Bertz CT molecular complexity index is 532. The molecule has 1 aromatic carbocycles. The summed E-state index contributed by atoms with van der Waals surface area (Å²) in [6.07, 6.45) is 4.93. The minimum atomic E-state index is -1.08. The number of ether oxygens (including phenoxy) is 1. The number of hydrogen-bond acceptors (Lipinski definition) is 3. The summed E-state index contributed by atoms with van der Waals surface area (Å²) in [6.45, 7) is 5.18. The van der Waals surface area contributed by atoms with Crippen molar-refractivity contribution in [2.75, 3.05) is 0 Å². The van der Waals surface area contributed by atoms with Crippen LogP contribution in [-0.2, 0) is 16.0 Å². The van der Waals surface area contributed by atoms with Crippen LogP contribution in [0.3, 0.4) is 0 Å². The molecule has 5 heteroatoms. The summed E-state index contributed by atoms with van der Waals surface area (Å²) >= 11 is 0. The summed E-state index contributed by atoms with van der Waals surface area (Å²) in [7, 11) is 0. The Labute approximate surface area is 137 Å². The molecule has 0 aliphatic carbocycles. The topological polar surface area (TPSA) is 75.6 Å². The minimum absolute atomic E-state index is 0.226. The Morgan fingerprint density at radius 1 is 1.22 bits per heavy atom. The summed E-state index contributed by atoms with van der Waals surface area (Å²) in [4.78, 5) is 22.8. The zero-order valence-corrected chi connectivity index (χ0v) is 13.9. The van der Waals surface area contributed by atoms with Crippen molar-refractivity contribution >= 4 is 12.1 Å². The molecule has 0 aliphatic heterocycles. The molecule has 0 saturated heterocycles. The van der Waals surface area contributed by atoms with Gasteiger partial charge in [-0.05, 0) is 45.6 Å². The molecule has 0 radical (unpaired) electrons. The second-order valence-corrected chi connectivity index (χ2v) is 6.27. The van der Waals surface area contributed by atoms with Crippen molar-refractivity contribution in [1.82, 2.24) is 5.32 Å². The number of aliphatic carboxylic acids is 1. The first kappa shape index (κ1) is 18.7. The van der Waals surface area contributed by atoms with E-state index in [-0.39, 0.29) is 6.42 Å². The Hall–Kier alpha value is -2.30. The standard InChI is InChI=1S/C18H25NO4/c1-18(2,3)23-17(22)19-15(16(20)21)13-9-5-8-12-14-10-6-4-7-11-14/h4-7,9-11,15H,8,12-13H2,1-3H3,(H,19,22)(H,20,21). The highest BCUT2D eigenvalue weighted by Gasteiger charge is 2.22. The van der Waals surface area contributed by atoms with E-state index in [2.05, 4.69) is 17.4 Å². The van der Waals surface area contributed by atoms with Gasteiger partial charge in [-0.1, -0.05) is 42.5 Å². The maximum absolute atomic E-state index is 11.6. The predicted molar refractivity (Wildman–Crippen MR) is 89.3 cm³/mol. The second-order valence-electron chi connectivity index (χ2n) is 6.27. The highest BCUT2D eigenvalue weighted by atomic mass is 16.6. The van der Waals surface area contributed by atoms with Gasteiger partial charge in [-0.2, -0.15) is 0 Å². The molecule has 0 bridgehead atoms. The third kappa shape index (κ3) is 8.66. The van der Waals surface area contributed by atoms with Crippen LogP contribution in [-0.4, -0.2) is 28.8 Å². The van der Waals surface area contributed by atoms with Gasteiger partial charge in [0.05, 0.1) is 0 Å². The third-order valence-electron chi connectivity index (χ3n) is 2.97. The van der Waals surface area contributed by atoms with Crippen LogP contribution in [0.25, 0.3) is 0 Å². The number of nitrogens with one attached hydrogen (secondary N) is 1. The SMILES string of the molecule is CC(C)(C)OC(=O)NC(CC=CCCc1ccccc1)C(=O)O. The number of carboxylic acids is 1. The van der Waals surface area contributed by atoms with Crippen LogP contribution >= 0.6 is 0 Å². The van der Waals surface area contributed by atoms with E-state index in [0.717, 1.165) is 12.8 Å². The predicted octanol–water partition coefficient (Wildman–Crippen LogP) is 3.54. The van der Waals surface area contributed by atoms with Crippen molar-refractivity contribution in [3.63, 3.8) is 0 Å². The van der Waals surface area contributed by atoms with E-state index >= 15 is 0 Å². The average molecular weight is 319 g/mol. The lowest BCUT2D eigenvalue weighted by atomic mass is 10.1. The highest BCUT2D eigenvalue weighted by molar-refractivity contribution is 5.80. The molecule has 0 aromatic heterocycles. The van der Waals surface area contributed by atoms with Crippen LogP contribution in [0, 0.1) is 0 Å². The quantitative estimate of drug-likeness (QED) is 0.754. The largest absolute Gasteiger partial charge is 0.480 e. The van der Waals surface area contributed by atoms with Gasteiger partial charge < -0.3 is 15.2 Å². The molecule has 5 nitrogen and oxygen atoms in total. The summed E-state index contributed by atoms with van der Waals surface area (Å²) in [5.41, 5.74) is 0.581. The van der Waals surface area contributed by atoms with Gasteiger partial charge in [0.1, 0.15) is 11.6 Å². The molecular formula is C18H25NO4. The van der Waals surface area contributed by atoms with Crippen LogP contribution in [0.5, 0.6) is 0 Å². The molecule has 1 unspecified atom stereocenters. The molecule has 2 N–H and O–H groups in total. The van der Waals surface area contributed by atoms with Crippen molar-refractivity contribution < 1.29 is 19.4 Å². The van der Waals surface area contributed by atoms with E-state index < -0.39 is 23.7 Å². The number of carbonyl (C=O) groups is 2. The fraction of sp³-hybridized carbons (Fsp3) is 0.444. The second kappa shape index (κ2) is 8.98. The normalized spacial score (nSPS) is 12.8. The van der Waals surface area contributed by atoms with Gasteiger partial charge in [0.25, 0.3) is 0 Å². The van der Waals surface area contributed by atoms with Gasteiger partial charge in [-0.15, -0.1) is 0 Å². The lowest BCUT2D eigenvalue weighted by Crippen LogP contribution is -2.43. The summed E-state index contributed by atoms with van der Waals surface area (Å²) in [6, 6.07) is 9.07. The summed E-state index contributed by atoms with van der Waals surface area (Å²) < 4.78 is 5.07. The van der Waals surface area contributed by atoms with Gasteiger partial charge in [-0.3, -0.25) is 0 Å². The monoisotopic (exact) mass is 319 g/mol. The fourth-order valence-electron chi connectivity index (χ4n) is 1.92. The van der Waals surface area contributed by atoms with Crippen LogP contribution < -0.4 is 5.32 Å². The molecular weight excluding hydrogens is 294 g/mol. The van der Waals surface area contributed by atoms with E-state index in [9.17, 15) is 9.59 Å². The molecule has 126 valence electrons. The first-order valence-electron chi connectivity index (χ1n) is 7.69. The zero-order chi connectivity index (χ0) is 17.3. The number of rotatable bonds is 7. The van der Waals surface area contributed by atoms with Crippen molar-refractivity contribution in [3.05, 3.63) is 48.0 Å². The van der Waals surface area contributed by atoms with Gasteiger partial charge >= 0.3 is 12.1 Å². The first-order chi connectivity index (χ1) is 10.8. The molecule has 0 spiro atoms. The summed E-state index contributed by atoms with van der Waals surface area (Å²) in [5.74, 6) is -1.08. The number of benzene rings is 1. The molecule has 1 aromatic rings. The van der Waals surface area contributed by atoms with Crippen molar-refractivity contribution in [2.45, 2.75) is 51.7 Å². The lowest BCUT2D eigenvalue weighted by molar-refractivity contribution is -0.139. The Kier molecular flexibility index (Phi) is 7.32. The van der Waals surface area contributed by atoms with Crippen molar-refractivity contribution in [2.24, 2.45) is 0 Å². The smallest absolute Gasteiger partial charge is 0.408 e. The number of amides is 1. The van der Waals surface area contributed by atoms with Crippen molar-refractivity contribution in [1.29, 1.82) is 0 Å². The number of hydrogen-bond donors (Lipinski definition) is 2. The van der Waals surface area contributed by atoms with Crippen LogP contribution in [0.1, 0.15) is 39.2 Å². The molecule has 0 aliphatic rings. The van der Waals surface area contributed by atoms with Crippen LogP contribution in [0.2, 0.25) is 0 Å². The Morgan fingerprint density at radius 3 is 2.43 bits per heavy atom. The van der Waals surface area contributed by atoms with Gasteiger partial charge in [0.2, 0.25) is 0 Å². The van der Waals surface area contributed by atoms with E-state index in [4.69, 9.17) is 9.84 Å². The number of aryl methyl sites for hydroxylation is 1. The summed E-state index contributed by atoms with van der Waals surface area (Å²) in [5, 5.41) is 11.5. The molecule has 0 saturated carbocycles. The zero-order valence-electron chi connectivity index (χ0n) is 13.9. The lowest BCUT2D eigenvalue weighted by Gasteiger charge is -2.21. The first-order valence-corrected chi connectivity index (χ1v) is 7.69. The molecule has 23 heavy (non-hydrogen) atoms. The van der Waals surface area contributed by atoms with E-state index in [1.54, 1.807) is 26.8 Å².